The molecule has 0 heterocycles. The van der Waals surface area contributed by atoms with Gasteiger partial charge in [-0.15, -0.1) is 0 Å². The van der Waals surface area contributed by atoms with Crippen LogP contribution in [-0.2, 0) is 4.79 Å². The Morgan fingerprint density at radius 3 is 1.92 bits per heavy atom. The lowest BCUT2D eigenvalue weighted by Crippen LogP contribution is -2.27. The lowest BCUT2D eigenvalue weighted by molar-refractivity contribution is -0.116. The molecule has 1 atom stereocenters. The van der Waals surface area contributed by atoms with Crippen LogP contribution >= 0.6 is 0 Å². The molecule has 0 radical (unpaired) electrons. The molecule has 25 heavy (non-hydrogen) atoms. The maximum absolute atomic E-state index is 13.0. The Balaban J connectivity index is 1.89. The molecule has 0 unspecified atom stereocenters. The van der Waals surface area contributed by atoms with Crippen LogP contribution in [0, 0.1) is 0 Å². The van der Waals surface area contributed by atoms with Crippen LogP contribution in [0.5, 0.6) is 0 Å². The minimum atomic E-state index is -0.0774. The van der Waals surface area contributed by atoms with Gasteiger partial charge in [-0.25, -0.2) is 0 Å². The number of amides is 1. The third-order valence-corrected chi connectivity index (χ3v) is 4.09. The normalized spacial score (nSPS) is 12.4. The quantitative estimate of drug-likeness (QED) is 0.512. The van der Waals surface area contributed by atoms with Crippen LogP contribution in [0.4, 0.5) is 0 Å². The molecule has 0 bridgehead atoms. The van der Waals surface area contributed by atoms with Crippen LogP contribution in [-0.4, -0.2) is 5.91 Å². The van der Waals surface area contributed by atoms with Crippen LogP contribution in [0.2, 0.25) is 0 Å². The Hall–Kier alpha value is -3.13. The predicted octanol–water partition coefficient (Wildman–Crippen LogP) is 5.10. The minimum Gasteiger partial charge on any atom is -0.345 e. The first-order valence-electron chi connectivity index (χ1n) is 8.42. The van der Waals surface area contributed by atoms with E-state index in [0.29, 0.717) is 5.57 Å². The lowest BCUT2D eigenvalue weighted by Gasteiger charge is -2.16. The van der Waals surface area contributed by atoms with Crippen molar-refractivity contribution in [1.82, 2.24) is 5.32 Å². The van der Waals surface area contributed by atoms with Crippen molar-refractivity contribution in [3.63, 3.8) is 0 Å². The van der Waals surface area contributed by atoms with Crippen molar-refractivity contribution in [3.8, 4) is 0 Å². The van der Waals surface area contributed by atoms with Crippen molar-refractivity contribution >= 4 is 17.6 Å². The number of carbonyl (C=O) groups excluding carboxylic acids is 1. The highest BCUT2D eigenvalue weighted by Crippen LogP contribution is 2.20. The zero-order valence-electron chi connectivity index (χ0n) is 14.2. The molecule has 2 heteroatoms. The highest BCUT2D eigenvalue weighted by atomic mass is 16.1. The van der Waals surface area contributed by atoms with E-state index in [-0.39, 0.29) is 11.9 Å². The van der Waals surface area contributed by atoms with Crippen LogP contribution in [0.1, 0.15) is 29.7 Å². The summed E-state index contributed by atoms with van der Waals surface area (Å²) in [6.07, 6.45) is 1.93. The van der Waals surface area contributed by atoms with Gasteiger partial charge in [0.05, 0.1) is 6.04 Å². The molecule has 3 aromatic rings. The van der Waals surface area contributed by atoms with Crippen LogP contribution in [0.15, 0.2) is 91.0 Å². The summed E-state index contributed by atoms with van der Waals surface area (Å²) in [6.45, 7) is 2.00. The van der Waals surface area contributed by atoms with E-state index in [1.807, 2.05) is 104 Å². The van der Waals surface area contributed by atoms with Gasteiger partial charge in [-0.2, -0.15) is 0 Å². The SMILES string of the molecule is C[C@H](NC(=O)/C(=C/c1ccccc1)c1ccccc1)c1ccccc1. The van der Waals surface area contributed by atoms with Crippen molar-refractivity contribution in [3.05, 3.63) is 108 Å². The van der Waals surface area contributed by atoms with Gasteiger partial charge >= 0.3 is 0 Å². The molecule has 0 saturated heterocycles. The van der Waals surface area contributed by atoms with Gasteiger partial charge < -0.3 is 5.32 Å². The van der Waals surface area contributed by atoms with Crippen molar-refractivity contribution in [2.75, 3.05) is 0 Å². The first kappa shape index (κ1) is 16.7. The molecule has 0 spiro atoms. The van der Waals surface area contributed by atoms with Crippen LogP contribution in [0.25, 0.3) is 11.6 Å². The van der Waals surface area contributed by atoms with Gasteiger partial charge in [0.1, 0.15) is 0 Å². The largest absolute Gasteiger partial charge is 0.345 e. The predicted molar refractivity (Wildman–Crippen MR) is 104 cm³/mol. The third-order valence-electron chi connectivity index (χ3n) is 4.09. The van der Waals surface area contributed by atoms with Gasteiger partial charge in [0.2, 0.25) is 0 Å². The monoisotopic (exact) mass is 327 g/mol. The topological polar surface area (TPSA) is 29.1 Å². The molecule has 1 N–H and O–H groups in total. The molecular formula is C23H21NO. The van der Waals surface area contributed by atoms with Crippen molar-refractivity contribution < 1.29 is 4.79 Å². The zero-order valence-corrected chi connectivity index (χ0v) is 14.2. The van der Waals surface area contributed by atoms with Crippen LogP contribution in [0.3, 0.4) is 0 Å². The van der Waals surface area contributed by atoms with Gasteiger partial charge in [-0.05, 0) is 29.7 Å². The summed E-state index contributed by atoms with van der Waals surface area (Å²) in [7, 11) is 0. The fraction of sp³-hybridized carbons (Fsp3) is 0.0870. The highest BCUT2D eigenvalue weighted by Gasteiger charge is 2.15. The molecule has 3 aromatic carbocycles. The third kappa shape index (κ3) is 4.45. The van der Waals surface area contributed by atoms with E-state index in [1.165, 1.54) is 0 Å². The number of nitrogens with one attached hydrogen (secondary N) is 1. The summed E-state index contributed by atoms with van der Waals surface area (Å²) in [5.74, 6) is -0.0774. The van der Waals surface area contributed by atoms with Gasteiger partial charge in [0.25, 0.3) is 5.91 Å². The van der Waals surface area contributed by atoms with Crippen LogP contribution < -0.4 is 5.32 Å². The maximum atomic E-state index is 13.0. The minimum absolute atomic E-state index is 0.0587. The molecule has 0 fully saturated rings. The second-order valence-electron chi connectivity index (χ2n) is 5.94. The van der Waals surface area contributed by atoms with Gasteiger partial charge in [0.15, 0.2) is 0 Å². The maximum Gasteiger partial charge on any atom is 0.252 e. The van der Waals surface area contributed by atoms with E-state index in [2.05, 4.69) is 5.32 Å². The summed E-state index contributed by atoms with van der Waals surface area (Å²) in [5.41, 5.74) is 3.66. The summed E-state index contributed by atoms with van der Waals surface area (Å²) < 4.78 is 0. The van der Waals surface area contributed by atoms with Crippen molar-refractivity contribution in [1.29, 1.82) is 0 Å². The molecule has 2 nitrogen and oxygen atoms in total. The average molecular weight is 327 g/mol. The highest BCUT2D eigenvalue weighted by molar-refractivity contribution is 6.24. The molecule has 0 saturated carbocycles. The van der Waals surface area contributed by atoms with E-state index >= 15 is 0 Å². The van der Waals surface area contributed by atoms with E-state index in [4.69, 9.17) is 0 Å². The smallest absolute Gasteiger partial charge is 0.252 e. The lowest BCUT2D eigenvalue weighted by atomic mass is 10.0. The van der Waals surface area contributed by atoms with Crippen molar-refractivity contribution in [2.24, 2.45) is 0 Å². The second-order valence-corrected chi connectivity index (χ2v) is 5.94. The fourth-order valence-corrected chi connectivity index (χ4v) is 2.71. The Morgan fingerprint density at radius 1 is 0.800 bits per heavy atom. The molecule has 0 aromatic heterocycles. The first-order valence-corrected chi connectivity index (χ1v) is 8.42. The van der Waals surface area contributed by atoms with Crippen molar-refractivity contribution in [2.45, 2.75) is 13.0 Å². The molecule has 0 aliphatic rings. The summed E-state index contributed by atoms with van der Waals surface area (Å²) in [5, 5.41) is 3.11. The van der Waals surface area contributed by atoms with E-state index in [0.717, 1.165) is 16.7 Å². The molecule has 124 valence electrons. The second kappa shape index (κ2) is 8.11. The molecule has 0 aliphatic carbocycles. The Labute approximate surface area is 148 Å². The van der Waals surface area contributed by atoms with E-state index in [9.17, 15) is 4.79 Å². The number of benzene rings is 3. The molecule has 1 amide bonds. The first-order chi connectivity index (χ1) is 12.2. The molecule has 3 rings (SSSR count). The molecular weight excluding hydrogens is 306 g/mol. The summed E-state index contributed by atoms with van der Waals surface area (Å²) in [6, 6.07) is 29.6. The summed E-state index contributed by atoms with van der Waals surface area (Å²) in [4.78, 5) is 13.0. The van der Waals surface area contributed by atoms with Gasteiger partial charge in [0, 0.05) is 5.57 Å². The zero-order chi connectivity index (χ0) is 17.5. The molecule has 0 aliphatic heterocycles. The standard InChI is InChI=1S/C23H21NO/c1-18(20-13-7-3-8-14-20)24-23(25)22(21-15-9-4-10-16-21)17-19-11-5-2-6-12-19/h2-18H,1H3,(H,24,25)/b22-17+/t18-/m0/s1. The fourth-order valence-electron chi connectivity index (χ4n) is 2.71. The Bertz CT molecular complexity index is 839. The van der Waals surface area contributed by atoms with Gasteiger partial charge in [-0.1, -0.05) is 91.0 Å². The number of carbonyl (C=O) groups is 1. The number of hydrogen-bond acceptors (Lipinski definition) is 1. The van der Waals surface area contributed by atoms with E-state index < -0.39 is 0 Å². The van der Waals surface area contributed by atoms with Gasteiger partial charge in [-0.3, -0.25) is 4.79 Å². The summed E-state index contributed by atoms with van der Waals surface area (Å²) >= 11 is 0. The average Bonchev–Trinajstić information content (AvgIpc) is 2.68. The number of rotatable bonds is 5. The Morgan fingerprint density at radius 2 is 1.32 bits per heavy atom. The number of hydrogen-bond donors (Lipinski definition) is 1. The Kier molecular flexibility index (Phi) is 5.43. The van der Waals surface area contributed by atoms with E-state index in [1.54, 1.807) is 0 Å².